The molecule has 134 valence electrons. The van der Waals surface area contributed by atoms with Crippen molar-refractivity contribution in [3.63, 3.8) is 0 Å². The molecular weight excluding hydrogens is 318 g/mol. The van der Waals surface area contributed by atoms with Gasteiger partial charge in [-0.15, -0.1) is 6.42 Å². The standard InChI is InChI=1S/C19H25N3O3/c1-5-12-21(3)19(24)16-7-6-13-22(16)17(18(23)20-2)14-8-10-15(25-4)11-9-14/h1,8-11,16-17H,6-7,12-13H2,2-4H3,(H,20,23). The van der Waals surface area contributed by atoms with Crippen LogP contribution in [0.2, 0.25) is 0 Å². The summed E-state index contributed by atoms with van der Waals surface area (Å²) in [4.78, 5) is 28.8. The second-order valence-corrected chi connectivity index (χ2v) is 6.08. The van der Waals surface area contributed by atoms with Gasteiger partial charge in [0.05, 0.1) is 19.7 Å². The van der Waals surface area contributed by atoms with Crippen LogP contribution in [-0.4, -0.2) is 62.0 Å². The fourth-order valence-corrected chi connectivity index (χ4v) is 3.25. The van der Waals surface area contributed by atoms with Gasteiger partial charge in [0.25, 0.3) is 0 Å². The first kappa shape index (κ1) is 18.8. The van der Waals surface area contributed by atoms with E-state index in [-0.39, 0.29) is 24.4 Å². The van der Waals surface area contributed by atoms with Gasteiger partial charge in [0.15, 0.2) is 0 Å². The van der Waals surface area contributed by atoms with E-state index in [4.69, 9.17) is 11.2 Å². The van der Waals surface area contributed by atoms with Gasteiger partial charge in [-0.05, 0) is 30.5 Å². The molecular formula is C19H25N3O3. The van der Waals surface area contributed by atoms with Crippen molar-refractivity contribution in [1.29, 1.82) is 0 Å². The largest absolute Gasteiger partial charge is 0.497 e. The molecule has 1 fully saturated rings. The third-order valence-corrected chi connectivity index (χ3v) is 4.54. The normalized spacial score (nSPS) is 18.2. The molecule has 2 amide bonds. The Labute approximate surface area is 149 Å². The van der Waals surface area contributed by atoms with Crippen LogP contribution in [0.3, 0.4) is 0 Å². The fraction of sp³-hybridized carbons (Fsp3) is 0.474. The SMILES string of the molecule is C#CCN(C)C(=O)C1CCCN1C(C(=O)NC)c1ccc(OC)cc1. The Hall–Kier alpha value is -2.52. The molecule has 0 aliphatic carbocycles. The van der Waals surface area contributed by atoms with Gasteiger partial charge in [-0.1, -0.05) is 18.1 Å². The molecule has 1 aliphatic heterocycles. The molecule has 25 heavy (non-hydrogen) atoms. The molecule has 1 aromatic carbocycles. The number of nitrogens with zero attached hydrogens (tertiary/aromatic N) is 2. The Morgan fingerprint density at radius 2 is 2.12 bits per heavy atom. The highest BCUT2D eigenvalue weighted by atomic mass is 16.5. The minimum atomic E-state index is -0.522. The van der Waals surface area contributed by atoms with Crippen molar-refractivity contribution in [3.8, 4) is 18.1 Å². The first-order valence-corrected chi connectivity index (χ1v) is 8.33. The van der Waals surface area contributed by atoms with Crippen LogP contribution >= 0.6 is 0 Å². The number of hydrogen-bond acceptors (Lipinski definition) is 4. The van der Waals surface area contributed by atoms with Crippen LogP contribution in [0.15, 0.2) is 24.3 Å². The second kappa shape index (κ2) is 8.54. The summed E-state index contributed by atoms with van der Waals surface area (Å²) in [6, 6.07) is 6.51. The highest BCUT2D eigenvalue weighted by molar-refractivity contribution is 5.86. The van der Waals surface area contributed by atoms with Crippen molar-refractivity contribution in [1.82, 2.24) is 15.1 Å². The van der Waals surface area contributed by atoms with Gasteiger partial charge < -0.3 is 15.0 Å². The molecule has 1 heterocycles. The maximum absolute atomic E-state index is 12.7. The van der Waals surface area contributed by atoms with Crippen molar-refractivity contribution >= 4 is 11.8 Å². The summed E-state index contributed by atoms with van der Waals surface area (Å²) in [6.45, 7) is 0.945. The number of carbonyl (C=O) groups is 2. The molecule has 2 rings (SSSR count). The summed E-state index contributed by atoms with van der Waals surface area (Å²) in [5.41, 5.74) is 0.833. The van der Waals surface area contributed by atoms with Crippen LogP contribution in [-0.2, 0) is 9.59 Å². The molecule has 2 unspecified atom stereocenters. The lowest BCUT2D eigenvalue weighted by molar-refractivity contribution is -0.137. The minimum absolute atomic E-state index is 0.0436. The predicted octanol–water partition coefficient (Wildman–Crippen LogP) is 1.04. The summed E-state index contributed by atoms with van der Waals surface area (Å²) in [6.07, 6.45) is 6.90. The number of ether oxygens (including phenoxy) is 1. The Morgan fingerprint density at radius 3 is 2.68 bits per heavy atom. The predicted molar refractivity (Wildman–Crippen MR) is 96.0 cm³/mol. The van der Waals surface area contributed by atoms with Gasteiger partial charge in [0.1, 0.15) is 11.8 Å². The number of amides is 2. The highest BCUT2D eigenvalue weighted by Crippen LogP contribution is 2.31. The average molecular weight is 343 g/mol. The van der Waals surface area contributed by atoms with Crippen LogP contribution in [0.25, 0.3) is 0 Å². The summed E-state index contributed by atoms with van der Waals surface area (Å²) in [7, 11) is 4.90. The summed E-state index contributed by atoms with van der Waals surface area (Å²) in [5.74, 6) is 3.03. The molecule has 1 aliphatic rings. The molecule has 6 nitrogen and oxygen atoms in total. The Morgan fingerprint density at radius 1 is 1.44 bits per heavy atom. The lowest BCUT2D eigenvalue weighted by Crippen LogP contribution is -2.48. The summed E-state index contributed by atoms with van der Waals surface area (Å²) in [5, 5.41) is 2.71. The molecule has 0 spiro atoms. The van der Waals surface area contributed by atoms with Crippen LogP contribution in [0.5, 0.6) is 5.75 Å². The maximum Gasteiger partial charge on any atom is 0.241 e. The van der Waals surface area contributed by atoms with E-state index in [1.807, 2.05) is 29.2 Å². The molecule has 0 bridgehead atoms. The zero-order valence-corrected chi connectivity index (χ0v) is 15.0. The Balaban J connectivity index is 2.31. The van der Waals surface area contributed by atoms with Gasteiger partial charge in [0.2, 0.25) is 11.8 Å². The van der Waals surface area contributed by atoms with E-state index >= 15 is 0 Å². The zero-order valence-electron chi connectivity index (χ0n) is 15.0. The smallest absolute Gasteiger partial charge is 0.241 e. The van der Waals surface area contributed by atoms with E-state index < -0.39 is 6.04 Å². The third-order valence-electron chi connectivity index (χ3n) is 4.54. The van der Waals surface area contributed by atoms with Crippen molar-refractivity contribution in [2.75, 3.05) is 34.3 Å². The van der Waals surface area contributed by atoms with E-state index in [2.05, 4.69) is 11.2 Å². The van der Waals surface area contributed by atoms with Crippen molar-refractivity contribution in [2.24, 2.45) is 0 Å². The number of nitrogens with one attached hydrogen (secondary N) is 1. The number of likely N-dealkylation sites (tertiary alicyclic amines) is 1. The molecule has 6 heteroatoms. The number of rotatable bonds is 6. The van der Waals surface area contributed by atoms with Crippen molar-refractivity contribution < 1.29 is 14.3 Å². The quantitative estimate of drug-likeness (QED) is 0.784. The monoisotopic (exact) mass is 343 g/mol. The highest BCUT2D eigenvalue weighted by Gasteiger charge is 2.40. The zero-order chi connectivity index (χ0) is 18.4. The van der Waals surface area contributed by atoms with Gasteiger partial charge in [-0.2, -0.15) is 0 Å². The first-order chi connectivity index (χ1) is 12.0. The lowest BCUT2D eigenvalue weighted by atomic mass is 10.0. The second-order valence-electron chi connectivity index (χ2n) is 6.08. The van der Waals surface area contributed by atoms with Gasteiger partial charge in [-0.3, -0.25) is 14.5 Å². The average Bonchev–Trinajstić information content (AvgIpc) is 3.11. The van der Waals surface area contributed by atoms with Gasteiger partial charge >= 0.3 is 0 Å². The third kappa shape index (κ3) is 4.12. The van der Waals surface area contributed by atoms with E-state index in [1.54, 1.807) is 21.2 Å². The van der Waals surface area contributed by atoms with E-state index in [9.17, 15) is 9.59 Å². The number of likely N-dealkylation sites (N-methyl/N-ethyl adjacent to an activating group) is 2. The van der Waals surface area contributed by atoms with Crippen LogP contribution in [0.1, 0.15) is 24.4 Å². The number of terminal acetylenes is 1. The molecule has 0 aromatic heterocycles. The Kier molecular flexibility index (Phi) is 6.43. The number of carbonyl (C=O) groups excluding carboxylic acids is 2. The topological polar surface area (TPSA) is 61.9 Å². The molecule has 1 saturated heterocycles. The molecule has 0 radical (unpaired) electrons. The molecule has 1 N–H and O–H groups in total. The van der Waals surface area contributed by atoms with Crippen LogP contribution in [0, 0.1) is 12.3 Å². The Bertz CT molecular complexity index is 651. The number of hydrogen-bond donors (Lipinski definition) is 1. The van der Waals surface area contributed by atoms with Crippen molar-refractivity contribution in [3.05, 3.63) is 29.8 Å². The number of methoxy groups -OCH3 is 1. The molecule has 2 atom stereocenters. The van der Waals surface area contributed by atoms with Crippen molar-refractivity contribution in [2.45, 2.75) is 24.9 Å². The lowest BCUT2D eigenvalue weighted by Gasteiger charge is -2.33. The van der Waals surface area contributed by atoms with Gasteiger partial charge in [-0.25, -0.2) is 0 Å². The van der Waals surface area contributed by atoms with Crippen LogP contribution < -0.4 is 10.1 Å². The van der Waals surface area contributed by atoms with Crippen LogP contribution in [0.4, 0.5) is 0 Å². The fourth-order valence-electron chi connectivity index (χ4n) is 3.25. The van der Waals surface area contributed by atoms with E-state index in [1.165, 1.54) is 4.90 Å². The number of benzene rings is 1. The molecule has 0 saturated carbocycles. The summed E-state index contributed by atoms with van der Waals surface area (Å²) >= 11 is 0. The van der Waals surface area contributed by atoms with E-state index in [0.717, 1.165) is 24.2 Å². The molecule has 1 aromatic rings. The summed E-state index contributed by atoms with van der Waals surface area (Å²) < 4.78 is 5.19. The van der Waals surface area contributed by atoms with Gasteiger partial charge in [0, 0.05) is 20.6 Å². The first-order valence-electron chi connectivity index (χ1n) is 8.33. The maximum atomic E-state index is 12.7. The minimum Gasteiger partial charge on any atom is -0.497 e. The van der Waals surface area contributed by atoms with E-state index in [0.29, 0.717) is 6.54 Å².